The second kappa shape index (κ2) is 3.32. The van der Waals surface area contributed by atoms with Crippen LogP contribution >= 0.6 is 0 Å². The van der Waals surface area contributed by atoms with Gasteiger partial charge in [-0.25, -0.2) is 0 Å². The van der Waals surface area contributed by atoms with Crippen LogP contribution in [0.2, 0.25) is 0 Å². The topological polar surface area (TPSA) is 84.5 Å². The lowest BCUT2D eigenvalue weighted by Gasteiger charge is -2.09. The Morgan fingerprint density at radius 1 is 1.47 bits per heavy atom. The summed E-state index contributed by atoms with van der Waals surface area (Å²) in [6.07, 6.45) is 0. The highest BCUT2D eigenvalue weighted by atomic mass is 32.2. The van der Waals surface area contributed by atoms with Crippen molar-refractivity contribution in [3.05, 3.63) is 35.4 Å². The molecule has 15 heavy (non-hydrogen) atoms. The summed E-state index contributed by atoms with van der Waals surface area (Å²) < 4.78 is 28.0. The standard InChI is InChI=1S/C9H11N3O2S/c1-6-3-2-4-7(5-6)8-9(10)12-15(13,14)11-8/h2-5,8,11H,1H3,(H2,10,12)/t8-/m1/s1. The van der Waals surface area contributed by atoms with Crippen LogP contribution in [-0.2, 0) is 10.2 Å². The zero-order chi connectivity index (χ0) is 11.1. The molecule has 0 unspecified atom stereocenters. The molecule has 0 fully saturated rings. The third kappa shape index (κ3) is 2.00. The first-order valence-corrected chi connectivity index (χ1v) is 5.86. The van der Waals surface area contributed by atoms with Gasteiger partial charge in [0, 0.05) is 0 Å². The van der Waals surface area contributed by atoms with Crippen LogP contribution in [0.1, 0.15) is 17.2 Å². The molecule has 2 rings (SSSR count). The minimum atomic E-state index is -3.59. The van der Waals surface area contributed by atoms with Crippen molar-refractivity contribution in [1.29, 1.82) is 0 Å². The number of nitrogens with zero attached hydrogens (tertiary/aromatic N) is 1. The molecule has 5 nitrogen and oxygen atoms in total. The van der Waals surface area contributed by atoms with Crippen molar-refractivity contribution in [3.63, 3.8) is 0 Å². The van der Waals surface area contributed by atoms with Crippen molar-refractivity contribution >= 4 is 16.0 Å². The molecule has 0 spiro atoms. The van der Waals surface area contributed by atoms with E-state index in [1.807, 2.05) is 31.2 Å². The van der Waals surface area contributed by atoms with Crippen molar-refractivity contribution < 1.29 is 8.42 Å². The molecule has 1 aromatic carbocycles. The third-order valence-corrected chi connectivity index (χ3v) is 3.15. The van der Waals surface area contributed by atoms with E-state index >= 15 is 0 Å². The van der Waals surface area contributed by atoms with E-state index in [2.05, 4.69) is 9.12 Å². The van der Waals surface area contributed by atoms with E-state index < -0.39 is 16.3 Å². The molecule has 0 aromatic heterocycles. The Kier molecular flexibility index (Phi) is 2.24. The molecule has 1 atom stereocenters. The summed E-state index contributed by atoms with van der Waals surface area (Å²) in [5.41, 5.74) is 7.40. The Balaban J connectivity index is 2.40. The summed E-state index contributed by atoms with van der Waals surface area (Å²) in [6, 6.07) is 6.94. The number of hydrogen-bond acceptors (Lipinski definition) is 3. The normalized spacial score (nSPS) is 23.8. The second-order valence-electron chi connectivity index (χ2n) is 3.46. The van der Waals surface area contributed by atoms with Crippen molar-refractivity contribution in [2.45, 2.75) is 13.0 Å². The summed E-state index contributed by atoms with van der Waals surface area (Å²) in [6.45, 7) is 1.93. The van der Waals surface area contributed by atoms with Gasteiger partial charge in [-0.1, -0.05) is 29.8 Å². The van der Waals surface area contributed by atoms with Gasteiger partial charge in [0.05, 0.1) is 0 Å². The third-order valence-electron chi connectivity index (χ3n) is 2.16. The first kappa shape index (κ1) is 10.1. The van der Waals surface area contributed by atoms with Gasteiger partial charge in [-0.15, -0.1) is 4.40 Å². The highest BCUT2D eigenvalue weighted by Gasteiger charge is 2.29. The molecule has 3 N–H and O–H groups in total. The quantitative estimate of drug-likeness (QED) is 0.718. The first-order chi connectivity index (χ1) is 6.98. The van der Waals surface area contributed by atoms with Gasteiger partial charge in [0.2, 0.25) is 0 Å². The van der Waals surface area contributed by atoms with Crippen LogP contribution in [-0.4, -0.2) is 14.3 Å². The molecular weight excluding hydrogens is 214 g/mol. The zero-order valence-corrected chi connectivity index (χ0v) is 8.95. The summed E-state index contributed by atoms with van der Waals surface area (Å²) >= 11 is 0. The number of rotatable bonds is 1. The molecule has 6 heteroatoms. The second-order valence-corrected chi connectivity index (χ2v) is 4.82. The van der Waals surface area contributed by atoms with Crippen molar-refractivity contribution in [3.8, 4) is 0 Å². The van der Waals surface area contributed by atoms with Crippen LogP contribution in [0.5, 0.6) is 0 Å². The van der Waals surface area contributed by atoms with E-state index in [1.54, 1.807) is 0 Å². The number of benzene rings is 1. The minimum absolute atomic E-state index is 0.0839. The van der Waals surface area contributed by atoms with Crippen LogP contribution in [0.3, 0.4) is 0 Å². The Morgan fingerprint density at radius 3 is 2.73 bits per heavy atom. The maximum absolute atomic E-state index is 11.1. The lowest BCUT2D eigenvalue weighted by atomic mass is 10.0. The van der Waals surface area contributed by atoms with Gasteiger partial charge in [0.25, 0.3) is 0 Å². The molecule has 0 amide bonds. The summed E-state index contributed by atoms with van der Waals surface area (Å²) in [5.74, 6) is 0.0839. The number of aryl methyl sites for hydroxylation is 1. The van der Waals surface area contributed by atoms with Gasteiger partial charge < -0.3 is 5.73 Å². The summed E-state index contributed by atoms with van der Waals surface area (Å²) in [4.78, 5) is 0. The first-order valence-electron chi connectivity index (χ1n) is 4.42. The van der Waals surface area contributed by atoms with Gasteiger partial charge in [-0.05, 0) is 12.5 Å². The lowest BCUT2D eigenvalue weighted by Crippen LogP contribution is -2.28. The number of hydrogen-bond donors (Lipinski definition) is 2. The molecule has 1 aliphatic rings. The predicted octanol–water partition coefficient (Wildman–Crippen LogP) is 0.241. The number of nitrogens with one attached hydrogen (secondary N) is 1. The Hall–Kier alpha value is -1.40. The van der Waals surface area contributed by atoms with E-state index in [0.717, 1.165) is 11.1 Å². The molecule has 1 aromatic rings. The van der Waals surface area contributed by atoms with Crippen molar-refractivity contribution in [2.75, 3.05) is 0 Å². The smallest absolute Gasteiger partial charge is 0.322 e. The largest absolute Gasteiger partial charge is 0.385 e. The fraction of sp³-hybridized carbons (Fsp3) is 0.222. The summed E-state index contributed by atoms with van der Waals surface area (Å²) in [7, 11) is -3.59. The molecule has 80 valence electrons. The monoisotopic (exact) mass is 225 g/mol. The van der Waals surface area contributed by atoms with Crippen LogP contribution in [0.4, 0.5) is 0 Å². The van der Waals surface area contributed by atoms with E-state index in [9.17, 15) is 8.42 Å². The van der Waals surface area contributed by atoms with E-state index in [-0.39, 0.29) is 5.84 Å². The fourth-order valence-electron chi connectivity index (χ4n) is 1.52. The van der Waals surface area contributed by atoms with Crippen LogP contribution in [0.25, 0.3) is 0 Å². The van der Waals surface area contributed by atoms with Crippen LogP contribution in [0.15, 0.2) is 28.7 Å². The Labute approximate surface area is 88.2 Å². The van der Waals surface area contributed by atoms with E-state index in [1.165, 1.54) is 0 Å². The predicted molar refractivity (Wildman–Crippen MR) is 57.6 cm³/mol. The van der Waals surface area contributed by atoms with E-state index in [4.69, 9.17) is 5.73 Å². The fourth-order valence-corrected chi connectivity index (χ4v) is 2.51. The van der Waals surface area contributed by atoms with E-state index in [0.29, 0.717) is 0 Å². The Bertz CT molecular complexity index is 522. The highest BCUT2D eigenvalue weighted by molar-refractivity contribution is 7.88. The zero-order valence-electron chi connectivity index (χ0n) is 8.14. The number of nitrogens with two attached hydrogens (primary N) is 1. The van der Waals surface area contributed by atoms with Crippen LogP contribution in [0, 0.1) is 6.92 Å². The average molecular weight is 225 g/mol. The average Bonchev–Trinajstić information content (AvgIpc) is 2.40. The lowest BCUT2D eigenvalue weighted by molar-refractivity contribution is 0.585. The maximum Gasteiger partial charge on any atom is 0.322 e. The van der Waals surface area contributed by atoms with Gasteiger partial charge in [-0.3, -0.25) is 0 Å². The van der Waals surface area contributed by atoms with Gasteiger partial charge in [0.1, 0.15) is 11.9 Å². The van der Waals surface area contributed by atoms with Gasteiger partial charge >= 0.3 is 10.2 Å². The van der Waals surface area contributed by atoms with Gasteiger partial charge in [-0.2, -0.15) is 13.1 Å². The maximum atomic E-state index is 11.1. The molecule has 0 bridgehead atoms. The highest BCUT2D eigenvalue weighted by Crippen LogP contribution is 2.20. The van der Waals surface area contributed by atoms with Crippen LogP contribution < -0.4 is 10.5 Å². The number of amidine groups is 1. The minimum Gasteiger partial charge on any atom is -0.385 e. The van der Waals surface area contributed by atoms with Crippen molar-refractivity contribution in [2.24, 2.45) is 10.1 Å². The molecule has 1 heterocycles. The Morgan fingerprint density at radius 2 is 2.20 bits per heavy atom. The molecule has 0 saturated heterocycles. The molecule has 0 saturated carbocycles. The molecule has 0 aliphatic carbocycles. The molecule has 0 radical (unpaired) electrons. The van der Waals surface area contributed by atoms with Gasteiger partial charge in [0.15, 0.2) is 0 Å². The molecule has 1 aliphatic heterocycles. The molecular formula is C9H11N3O2S. The van der Waals surface area contributed by atoms with Crippen molar-refractivity contribution in [1.82, 2.24) is 4.72 Å². The SMILES string of the molecule is Cc1cccc([C@H]2NS(=O)(=O)N=C2N)c1. The summed E-state index contributed by atoms with van der Waals surface area (Å²) in [5, 5.41) is 0.